The van der Waals surface area contributed by atoms with E-state index in [1.807, 2.05) is 54.6 Å². The zero-order chi connectivity index (χ0) is 19.4. The zero-order valence-electron chi connectivity index (χ0n) is 15.3. The summed E-state index contributed by atoms with van der Waals surface area (Å²) in [5, 5.41) is 11.8. The number of aromatic hydroxyl groups is 1. The van der Waals surface area contributed by atoms with Crippen molar-refractivity contribution in [1.82, 2.24) is 4.90 Å². The number of rotatable bonds is 5. The molecule has 0 aromatic heterocycles. The van der Waals surface area contributed by atoms with E-state index < -0.39 is 12.1 Å². The van der Waals surface area contributed by atoms with Crippen molar-refractivity contribution in [3.8, 4) is 5.75 Å². The van der Waals surface area contributed by atoms with Gasteiger partial charge in [-0.25, -0.2) is 4.79 Å². The molecular weight excluding hydrogens is 342 g/mol. The molecule has 1 N–H and O–H groups in total. The van der Waals surface area contributed by atoms with Gasteiger partial charge < -0.3 is 14.7 Å². The van der Waals surface area contributed by atoms with E-state index in [2.05, 4.69) is 0 Å². The average molecular weight is 363 g/mol. The minimum atomic E-state index is -0.961. The highest BCUT2D eigenvalue weighted by atomic mass is 16.5. The molecule has 0 unspecified atom stereocenters. The van der Waals surface area contributed by atoms with E-state index in [1.165, 1.54) is 17.9 Å². The Morgan fingerprint density at radius 1 is 1.00 bits per heavy atom. The lowest BCUT2D eigenvalue weighted by Gasteiger charge is -2.21. The molecule has 27 heavy (non-hydrogen) atoms. The van der Waals surface area contributed by atoms with Crippen molar-refractivity contribution in [2.24, 2.45) is 0 Å². The number of likely N-dealkylation sites (N-methyl/N-ethyl adjacent to an activating group) is 1. The molecule has 0 radical (unpaired) electrons. The maximum absolute atomic E-state index is 12.5. The SMILES string of the molecule is C[C@H](OC(=O)c1cc2ccccc2cc1O)C(=O)N(C)Cc1ccccc1. The van der Waals surface area contributed by atoms with Crippen LogP contribution in [0.1, 0.15) is 22.8 Å². The number of amides is 1. The van der Waals surface area contributed by atoms with Gasteiger partial charge in [-0.2, -0.15) is 0 Å². The van der Waals surface area contributed by atoms with Crippen LogP contribution in [0.15, 0.2) is 66.7 Å². The summed E-state index contributed by atoms with van der Waals surface area (Å²) in [5.74, 6) is -1.21. The maximum atomic E-state index is 12.5. The van der Waals surface area contributed by atoms with Gasteiger partial charge in [0.1, 0.15) is 11.3 Å². The molecule has 0 bridgehead atoms. The summed E-state index contributed by atoms with van der Waals surface area (Å²) in [6.45, 7) is 1.95. The van der Waals surface area contributed by atoms with Crippen LogP contribution in [0.4, 0.5) is 0 Å². The predicted octanol–water partition coefficient (Wildman–Crippen LogP) is 3.75. The number of fused-ring (bicyclic) bond motifs is 1. The van der Waals surface area contributed by atoms with E-state index in [0.717, 1.165) is 16.3 Å². The van der Waals surface area contributed by atoms with Gasteiger partial charge in [-0.05, 0) is 35.4 Å². The molecule has 0 spiro atoms. The number of ether oxygens (including phenoxy) is 1. The smallest absolute Gasteiger partial charge is 0.342 e. The standard InChI is InChI=1S/C22H21NO4/c1-15(21(25)23(2)14-16-8-4-3-5-9-16)27-22(26)19-12-17-10-6-7-11-18(17)13-20(19)24/h3-13,15,24H,14H2,1-2H3/t15-/m0/s1. The Hall–Kier alpha value is -3.34. The molecule has 5 nitrogen and oxygen atoms in total. The van der Waals surface area contributed by atoms with Crippen LogP contribution in [0.5, 0.6) is 5.75 Å². The predicted molar refractivity (Wildman–Crippen MR) is 103 cm³/mol. The molecule has 1 amide bonds. The number of phenolic OH excluding ortho intramolecular Hbond substituents is 1. The van der Waals surface area contributed by atoms with Gasteiger partial charge in [-0.1, -0.05) is 54.6 Å². The summed E-state index contributed by atoms with van der Waals surface area (Å²) < 4.78 is 5.30. The summed E-state index contributed by atoms with van der Waals surface area (Å²) in [4.78, 5) is 26.5. The number of esters is 1. The largest absolute Gasteiger partial charge is 0.507 e. The topological polar surface area (TPSA) is 66.8 Å². The van der Waals surface area contributed by atoms with E-state index in [-0.39, 0.29) is 17.2 Å². The van der Waals surface area contributed by atoms with Crippen molar-refractivity contribution in [2.45, 2.75) is 19.6 Å². The van der Waals surface area contributed by atoms with Crippen LogP contribution in [0.25, 0.3) is 10.8 Å². The molecule has 3 aromatic carbocycles. The number of carbonyl (C=O) groups excluding carboxylic acids is 2. The average Bonchev–Trinajstić information content (AvgIpc) is 2.67. The molecule has 138 valence electrons. The summed E-state index contributed by atoms with van der Waals surface area (Å²) in [5.41, 5.74) is 1.03. The minimum absolute atomic E-state index is 0.0408. The number of benzene rings is 3. The number of hydrogen-bond donors (Lipinski definition) is 1. The Kier molecular flexibility index (Phi) is 5.41. The van der Waals surface area contributed by atoms with E-state index in [9.17, 15) is 14.7 Å². The fourth-order valence-corrected chi connectivity index (χ4v) is 2.91. The first-order chi connectivity index (χ1) is 13.0. The Morgan fingerprint density at radius 2 is 1.59 bits per heavy atom. The van der Waals surface area contributed by atoms with Crippen molar-refractivity contribution in [1.29, 1.82) is 0 Å². The fraction of sp³-hybridized carbons (Fsp3) is 0.182. The van der Waals surface area contributed by atoms with Crippen molar-refractivity contribution >= 4 is 22.6 Å². The summed E-state index contributed by atoms with van der Waals surface area (Å²) in [7, 11) is 1.66. The Balaban J connectivity index is 1.69. The van der Waals surface area contributed by atoms with E-state index in [4.69, 9.17) is 4.74 Å². The van der Waals surface area contributed by atoms with Gasteiger partial charge in [0.25, 0.3) is 5.91 Å². The molecule has 3 rings (SSSR count). The first-order valence-corrected chi connectivity index (χ1v) is 8.67. The second kappa shape index (κ2) is 7.91. The molecular formula is C22H21NO4. The molecule has 0 heterocycles. The lowest BCUT2D eigenvalue weighted by molar-refractivity contribution is -0.139. The number of carbonyl (C=O) groups is 2. The molecule has 0 aliphatic heterocycles. The van der Waals surface area contributed by atoms with Gasteiger partial charge in [0.05, 0.1) is 0 Å². The molecule has 1 atom stereocenters. The Labute approximate surface area is 157 Å². The van der Waals surface area contributed by atoms with Gasteiger partial charge in [0, 0.05) is 13.6 Å². The van der Waals surface area contributed by atoms with E-state index in [1.54, 1.807) is 13.1 Å². The Bertz CT molecular complexity index is 968. The van der Waals surface area contributed by atoms with Gasteiger partial charge in [-0.3, -0.25) is 4.79 Å². The van der Waals surface area contributed by atoms with Crippen LogP contribution >= 0.6 is 0 Å². The van der Waals surface area contributed by atoms with Gasteiger partial charge in [-0.15, -0.1) is 0 Å². The van der Waals surface area contributed by atoms with Crippen molar-refractivity contribution in [2.75, 3.05) is 7.05 Å². The third-order valence-corrected chi connectivity index (χ3v) is 4.35. The second-order valence-corrected chi connectivity index (χ2v) is 6.44. The normalized spacial score (nSPS) is 11.8. The fourth-order valence-electron chi connectivity index (χ4n) is 2.91. The third kappa shape index (κ3) is 4.26. The van der Waals surface area contributed by atoms with Gasteiger partial charge >= 0.3 is 5.97 Å². The number of phenols is 1. The lowest BCUT2D eigenvalue weighted by Crippen LogP contribution is -2.37. The van der Waals surface area contributed by atoms with Crippen LogP contribution in [0.3, 0.4) is 0 Å². The first kappa shape index (κ1) is 18.5. The van der Waals surface area contributed by atoms with Crippen LogP contribution in [-0.4, -0.2) is 35.0 Å². The second-order valence-electron chi connectivity index (χ2n) is 6.44. The zero-order valence-corrected chi connectivity index (χ0v) is 15.3. The number of hydrogen-bond acceptors (Lipinski definition) is 4. The molecule has 0 saturated heterocycles. The molecule has 0 aliphatic carbocycles. The van der Waals surface area contributed by atoms with E-state index in [0.29, 0.717) is 6.54 Å². The summed E-state index contributed by atoms with van der Waals surface area (Å²) in [6.07, 6.45) is -0.961. The quantitative estimate of drug-likeness (QED) is 0.701. The lowest BCUT2D eigenvalue weighted by atomic mass is 10.1. The van der Waals surface area contributed by atoms with Crippen molar-refractivity contribution < 1.29 is 19.4 Å². The number of nitrogens with zero attached hydrogens (tertiary/aromatic N) is 1. The molecule has 3 aromatic rings. The van der Waals surface area contributed by atoms with Crippen LogP contribution in [-0.2, 0) is 16.1 Å². The van der Waals surface area contributed by atoms with E-state index >= 15 is 0 Å². The highest BCUT2D eigenvalue weighted by Gasteiger charge is 2.24. The Morgan fingerprint density at radius 3 is 2.26 bits per heavy atom. The molecule has 0 fully saturated rings. The van der Waals surface area contributed by atoms with Crippen LogP contribution in [0.2, 0.25) is 0 Å². The van der Waals surface area contributed by atoms with Crippen LogP contribution < -0.4 is 0 Å². The monoisotopic (exact) mass is 363 g/mol. The van der Waals surface area contributed by atoms with Crippen LogP contribution in [0, 0.1) is 0 Å². The maximum Gasteiger partial charge on any atom is 0.342 e. The molecule has 0 aliphatic rings. The summed E-state index contributed by atoms with van der Waals surface area (Å²) >= 11 is 0. The van der Waals surface area contributed by atoms with Crippen molar-refractivity contribution in [3.63, 3.8) is 0 Å². The third-order valence-electron chi connectivity index (χ3n) is 4.35. The first-order valence-electron chi connectivity index (χ1n) is 8.67. The molecule has 5 heteroatoms. The highest BCUT2D eigenvalue weighted by molar-refractivity contribution is 5.99. The van der Waals surface area contributed by atoms with Crippen molar-refractivity contribution in [3.05, 3.63) is 77.9 Å². The summed E-state index contributed by atoms with van der Waals surface area (Å²) in [6, 6.07) is 20.0. The minimum Gasteiger partial charge on any atom is -0.507 e. The highest BCUT2D eigenvalue weighted by Crippen LogP contribution is 2.26. The van der Waals surface area contributed by atoms with Gasteiger partial charge in [0.2, 0.25) is 0 Å². The molecule has 0 saturated carbocycles. The van der Waals surface area contributed by atoms with Gasteiger partial charge in [0.15, 0.2) is 6.10 Å².